The van der Waals surface area contributed by atoms with Gasteiger partial charge in [-0.15, -0.1) is 0 Å². The van der Waals surface area contributed by atoms with Gasteiger partial charge in [0.15, 0.2) is 0 Å². The minimum absolute atomic E-state index is 0.0178. The molecule has 1 saturated heterocycles. The van der Waals surface area contributed by atoms with Crippen LogP contribution in [0.1, 0.15) is 22.3 Å². The first-order valence-electron chi connectivity index (χ1n) is 11.6. The van der Waals surface area contributed by atoms with Gasteiger partial charge in [-0.2, -0.15) is 23.5 Å². The van der Waals surface area contributed by atoms with Crippen LogP contribution in [-0.4, -0.2) is 63.5 Å². The smallest absolute Gasteiger partial charge is 0.332 e. The second kappa shape index (κ2) is 10.8. The summed E-state index contributed by atoms with van der Waals surface area (Å²) < 4.78 is 41.0. The molecule has 2 heterocycles. The molecular formula is C26H23F3N6O3. The van der Waals surface area contributed by atoms with Crippen molar-refractivity contribution in [1.29, 1.82) is 5.26 Å². The van der Waals surface area contributed by atoms with Crippen molar-refractivity contribution in [3.63, 3.8) is 0 Å². The standard InChI is InChI=1S/C26H23F3N6O3/c1-33(25(38)18-13-31-35(15-18)22-10-6-5-9-21(22)26(27,28)29)16-23(36)34-14-17(11-20(34)12-30)24(37)32-19-7-3-2-4-8-19/h2-10,13,15,17,20H,11,14,16H2,1H3,(H,32,37). The quantitative estimate of drug-likeness (QED) is 0.532. The Hall–Kier alpha value is -4.66. The zero-order valence-electron chi connectivity index (χ0n) is 20.2. The van der Waals surface area contributed by atoms with E-state index in [1.54, 1.807) is 24.3 Å². The summed E-state index contributed by atoms with van der Waals surface area (Å²) in [6.45, 7) is -0.377. The van der Waals surface area contributed by atoms with Crippen LogP contribution in [0.15, 0.2) is 67.0 Å². The lowest BCUT2D eigenvalue weighted by molar-refractivity contribution is -0.137. The normalized spacial score (nSPS) is 17.1. The summed E-state index contributed by atoms with van der Waals surface area (Å²) in [5.74, 6) is -2.09. The lowest BCUT2D eigenvalue weighted by Crippen LogP contribution is -2.43. The van der Waals surface area contributed by atoms with Gasteiger partial charge in [0.25, 0.3) is 5.91 Å². The van der Waals surface area contributed by atoms with E-state index >= 15 is 0 Å². The van der Waals surface area contributed by atoms with Crippen LogP contribution in [0.25, 0.3) is 5.69 Å². The molecule has 2 aromatic carbocycles. The Morgan fingerprint density at radius 2 is 1.82 bits per heavy atom. The number of nitrogens with one attached hydrogen (secondary N) is 1. The number of halogens is 3. The van der Waals surface area contributed by atoms with Crippen LogP contribution in [0.5, 0.6) is 0 Å². The minimum atomic E-state index is -4.61. The van der Waals surface area contributed by atoms with Gasteiger partial charge in [-0.05, 0) is 30.7 Å². The van der Waals surface area contributed by atoms with E-state index in [4.69, 9.17) is 0 Å². The molecule has 0 spiro atoms. The molecule has 0 bridgehead atoms. The maximum absolute atomic E-state index is 13.4. The van der Waals surface area contributed by atoms with Gasteiger partial charge in [-0.25, -0.2) is 4.68 Å². The second-order valence-electron chi connectivity index (χ2n) is 8.83. The highest BCUT2D eigenvalue weighted by atomic mass is 19.4. The van der Waals surface area contributed by atoms with Crippen LogP contribution >= 0.6 is 0 Å². The predicted octanol–water partition coefficient (Wildman–Crippen LogP) is 3.34. The summed E-state index contributed by atoms with van der Waals surface area (Å²) in [7, 11) is 1.36. The molecule has 0 aliphatic carbocycles. The van der Waals surface area contributed by atoms with E-state index in [9.17, 15) is 32.8 Å². The number of amides is 3. The van der Waals surface area contributed by atoms with Gasteiger partial charge in [0.05, 0.1) is 41.5 Å². The fourth-order valence-corrected chi connectivity index (χ4v) is 4.25. The number of hydrogen-bond donors (Lipinski definition) is 1. The molecule has 2 unspecified atom stereocenters. The third-order valence-corrected chi connectivity index (χ3v) is 6.19. The fourth-order valence-electron chi connectivity index (χ4n) is 4.25. The Morgan fingerprint density at radius 1 is 1.13 bits per heavy atom. The van der Waals surface area contributed by atoms with Gasteiger partial charge < -0.3 is 15.1 Å². The maximum atomic E-state index is 13.4. The molecule has 9 nitrogen and oxygen atoms in total. The third-order valence-electron chi connectivity index (χ3n) is 6.19. The summed E-state index contributed by atoms with van der Waals surface area (Å²) in [5.41, 5.74) is -0.574. The Balaban J connectivity index is 1.41. The van der Waals surface area contributed by atoms with E-state index in [0.717, 1.165) is 28.0 Å². The van der Waals surface area contributed by atoms with E-state index in [1.807, 2.05) is 12.1 Å². The van der Waals surface area contributed by atoms with Crippen molar-refractivity contribution in [2.45, 2.75) is 18.6 Å². The number of aromatic nitrogens is 2. The van der Waals surface area contributed by atoms with Crippen LogP contribution in [-0.2, 0) is 15.8 Å². The maximum Gasteiger partial charge on any atom is 0.418 e. The molecule has 3 aromatic rings. The van der Waals surface area contributed by atoms with Crippen LogP contribution in [0.3, 0.4) is 0 Å². The van der Waals surface area contributed by atoms with E-state index in [0.29, 0.717) is 5.69 Å². The van der Waals surface area contributed by atoms with E-state index in [2.05, 4.69) is 10.4 Å². The zero-order valence-corrected chi connectivity index (χ0v) is 20.2. The molecule has 1 N–H and O–H groups in total. The van der Waals surface area contributed by atoms with Crippen molar-refractivity contribution in [1.82, 2.24) is 19.6 Å². The van der Waals surface area contributed by atoms with E-state index in [1.165, 1.54) is 30.1 Å². The first-order chi connectivity index (χ1) is 18.1. The first kappa shape index (κ1) is 26.4. The molecule has 1 aromatic heterocycles. The largest absolute Gasteiger partial charge is 0.418 e. The highest BCUT2D eigenvalue weighted by Crippen LogP contribution is 2.33. The van der Waals surface area contributed by atoms with Gasteiger partial charge >= 0.3 is 6.18 Å². The number of benzene rings is 2. The molecule has 12 heteroatoms. The van der Waals surface area contributed by atoms with E-state index in [-0.39, 0.29) is 30.1 Å². The molecule has 2 atom stereocenters. The number of likely N-dealkylation sites (tertiary alicyclic amines) is 1. The van der Waals surface area contributed by atoms with Crippen molar-refractivity contribution >= 4 is 23.4 Å². The van der Waals surface area contributed by atoms with Gasteiger partial charge in [0.1, 0.15) is 6.04 Å². The number of para-hydroxylation sites is 2. The zero-order chi connectivity index (χ0) is 27.4. The Labute approximate surface area is 216 Å². The summed E-state index contributed by atoms with van der Waals surface area (Å²) >= 11 is 0. The second-order valence-corrected chi connectivity index (χ2v) is 8.83. The van der Waals surface area contributed by atoms with Gasteiger partial charge in [-0.1, -0.05) is 30.3 Å². The molecule has 1 fully saturated rings. The lowest BCUT2D eigenvalue weighted by Gasteiger charge is -2.23. The van der Waals surface area contributed by atoms with Gasteiger partial charge in [0, 0.05) is 25.5 Å². The van der Waals surface area contributed by atoms with Crippen LogP contribution in [0.4, 0.5) is 18.9 Å². The minimum Gasteiger partial charge on any atom is -0.332 e. The van der Waals surface area contributed by atoms with Gasteiger partial charge in [0.2, 0.25) is 11.8 Å². The number of carbonyl (C=O) groups is 3. The number of nitrogens with zero attached hydrogens (tertiary/aromatic N) is 5. The summed E-state index contributed by atoms with van der Waals surface area (Å²) in [6, 6.07) is 14.8. The highest BCUT2D eigenvalue weighted by Gasteiger charge is 2.39. The molecule has 1 aliphatic rings. The van der Waals surface area contributed by atoms with Gasteiger partial charge in [-0.3, -0.25) is 14.4 Å². The number of hydrogen-bond acceptors (Lipinski definition) is 5. The average molecular weight is 525 g/mol. The van der Waals surface area contributed by atoms with Crippen LogP contribution in [0, 0.1) is 17.2 Å². The molecule has 3 amide bonds. The molecular weight excluding hydrogens is 501 g/mol. The summed E-state index contributed by atoms with van der Waals surface area (Å²) in [4.78, 5) is 40.9. The number of rotatable bonds is 6. The highest BCUT2D eigenvalue weighted by molar-refractivity contribution is 5.97. The molecule has 0 saturated carbocycles. The van der Waals surface area contributed by atoms with E-state index < -0.39 is 42.1 Å². The molecule has 4 rings (SSSR count). The van der Waals surface area contributed by atoms with Crippen LogP contribution in [0.2, 0.25) is 0 Å². The lowest BCUT2D eigenvalue weighted by atomic mass is 10.1. The number of anilines is 1. The number of nitriles is 1. The Morgan fingerprint density at radius 3 is 2.50 bits per heavy atom. The molecule has 196 valence electrons. The Bertz CT molecular complexity index is 1380. The topological polar surface area (TPSA) is 111 Å². The fraction of sp³-hybridized carbons (Fsp3) is 0.269. The molecule has 0 radical (unpaired) electrons. The van der Waals surface area contributed by atoms with Crippen molar-refractivity contribution < 1.29 is 27.6 Å². The summed E-state index contributed by atoms with van der Waals surface area (Å²) in [6.07, 6.45) is -2.18. The predicted molar refractivity (Wildman–Crippen MR) is 130 cm³/mol. The van der Waals surface area contributed by atoms with Crippen molar-refractivity contribution in [2.75, 3.05) is 25.5 Å². The first-order valence-corrected chi connectivity index (χ1v) is 11.6. The SMILES string of the molecule is CN(CC(=O)N1CC(C(=O)Nc2ccccc2)CC1C#N)C(=O)c1cnn(-c2ccccc2C(F)(F)F)c1. The summed E-state index contributed by atoms with van der Waals surface area (Å²) in [5, 5.41) is 16.2. The number of likely N-dealkylation sites (N-methyl/N-ethyl adjacent to an activating group) is 1. The molecule has 1 aliphatic heterocycles. The monoisotopic (exact) mass is 524 g/mol. The number of carbonyl (C=O) groups excluding carboxylic acids is 3. The third kappa shape index (κ3) is 5.67. The number of alkyl halides is 3. The average Bonchev–Trinajstić information content (AvgIpc) is 3.56. The van der Waals surface area contributed by atoms with Crippen molar-refractivity contribution in [3.8, 4) is 11.8 Å². The van der Waals surface area contributed by atoms with Crippen LogP contribution < -0.4 is 5.32 Å². The van der Waals surface area contributed by atoms with Crippen molar-refractivity contribution in [3.05, 3.63) is 78.1 Å². The molecule has 38 heavy (non-hydrogen) atoms. The Kier molecular flexibility index (Phi) is 7.47. The van der Waals surface area contributed by atoms with Crippen molar-refractivity contribution in [2.24, 2.45) is 5.92 Å².